The maximum absolute atomic E-state index is 12.2. The highest BCUT2D eigenvalue weighted by Crippen LogP contribution is 2.20. The molecule has 1 aromatic carbocycles. The van der Waals surface area contributed by atoms with Crippen molar-refractivity contribution in [3.63, 3.8) is 0 Å². The van der Waals surface area contributed by atoms with Gasteiger partial charge in [-0.3, -0.25) is 4.79 Å². The van der Waals surface area contributed by atoms with E-state index in [2.05, 4.69) is 15.9 Å². The van der Waals surface area contributed by atoms with Crippen molar-refractivity contribution >= 4 is 21.8 Å². The number of rotatable bonds is 5. The molecule has 0 aliphatic heterocycles. The molecule has 0 bridgehead atoms. The Morgan fingerprint density at radius 1 is 1.56 bits per heavy atom. The number of ether oxygens (including phenoxy) is 1. The second-order valence-electron chi connectivity index (χ2n) is 4.19. The summed E-state index contributed by atoms with van der Waals surface area (Å²) in [5.74, 6) is 0.0329. The van der Waals surface area contributed by atoms with Crippen molar-refractivity contribution in [3.8, 4) is 5.75 Å². The number of phenols is 1. The van der Waals surface area contributed by atoms with E-state index < -0.39 is 0 Å². The first-order chi connectivity index (χ1) is 8.47. The summed E-state index contributed by atoms with van der Waals surface area (Å²) in [7, 11) is 3.35. The largest absolute Gasteiger partial charge is 0.508 e. The Morgan fingerprint density at radius 3 is 2.83 bits per heavy atom. The number of halogens is 1. The number of carbonyl (C=O) groups excluding carboxylic acids is 1. The van der Waals surface area contributed by atoms with E-state index in [1.807, 2.05) is 0 Å². The Kier molecular flexibility index (Phi) is 5.62. The molecule has 0 radical (unpaired) electrons. The molecule has 1 amide bonds. The number of phenolic OH excluding ortho intramolecular Hbond substituents is 1. The van der Waals surface area contributed by atoms with E-state index in [1.165, 1.54) is 0 Å². The molecule has 0 spiro atoms. The van der Waals surface area contributed by atoms with E-state index in [-0.39, 0.29) is 16.5 Å². The second kappa shape index (κ2) is 6.75. The minimum Gasteiger partial charge on any atom is -0.508 e. The van der Waals surface area contributed by atoms with E-state index >= 15 is 0 Å². The van der Waals surface area contributed by atoms with Crippen LogP contribution in [0.15, 0.2) is 18.2 Å². The number of nitrogens with zero attached hydrogens (tertiary/aromatic N) is 1. The minimum absolute atomic E-state index is 0.0917. The fourth-order valence-electron chi connectivity index (χ4n) is 1.67. The summed E-state index contributed by atoms with van der Waals surface area (Å²) >= 11 is 3.44. The number of amides is 1. The fourth-order valence-corrected chi connectivity index (χ4v) is 2.37. The molecule has 1 rings (SSSR count). The van der Waals surface area contributed by atoms with E-state index in [4.69, 9.17) is 4.74 Å². The van der Waals surface area contributed by atoms with Gasteiger partial charge in [0, 0.05) is 31.8 Å². The molecule has 0 saturated carbocycles. The summed E-state index contributed by atoms with van der Waals surface area (Å²) in [5, 5.41) is 9.60. The molecule has 4 nitrogen and oxygen atoms in total. The number of carbonyl (C=O) groups is 1. The standard InChI is InChI=1S/C13H18BrNO3/c1-9-11(5-4-6-12(9)16)13(17)15(2)7-10(14)8-18-3/h4-6,10,16H,7-8H2,1-3H3. The molecule has 1 unspecified atom stereocenters. The first-order valence-corrected chi connectivity index (χ1v) is 6.56. The average Bonchev–Trinajstić information content (AvgIpc) is 2.32. The van der Waals surface area contributed by atoms with E-state index in [0.717, 1.165) is 0 Å². The highest BCUT2D eigenvalue weighted by molar-refractivity contribution is 9.09. The minimum atomic E-state index is -0.107. The molecule has 1 atom stereocenters. The van der Waals surface area contributed by atoms with Gasteiger partial charge in [-0.1, -0.05) is 22.0 Å². The summed E-state index contributed by atoms with van der Waals surface area (Å²) in [5.41, 5.74) is 1.13. The maximum Gasteiger partial charge on any atom is 0.254 e. The van der Waals surface area contributed by atoms with Gasteiger partial charge in [0.25, 0.3) is 5.91 Å². The van der Waals surface area contributed by atoms with Crippen LogP contribution in [-0.2, 0) is 4.74 Å². The van der Waals surface area contributed by atoms with Gasteiger partial charge in [0.1, 0.15) is 5.75 Å². The number of hydrogen-bond acceptors (Lipinski definition) is 3. The number of alkyl halides is 1. The van der Waals surface area contributed by atoms with Crippen molar-refractivity contribution in [1.82, 2.24) is 4.90 Å². The van der Waals surface area contributed by atoms with Crippen LogP contribution in [0.4, 0.5) is 0 Å². The zero-order valence-corrected chi connectivity index (χ0v) is 12.4. The van der Waals surface area contributed by atoms with Crippen molar-refractivity contribution in [2.24, 2.45) is 0 Å². The quantitative estimate of drug-likeness (QED) is 0.847. The lowest BCUT2D eigenvalue weighted by Crippen LogP contribution is -2.34. The Hall–Kier alpha value is -1.07. The summed E-state index contributed by atoms with van der Waals surface area (Å²) in [6, 6.07) is 4.96. The first kappa shape index (κ1) is 15.0. The van der Waals surface area contributed by atoms with E-state index in [9.17, 15) is 9.90 Å². The van der Waals surface area contributed by atoms with Crippen LogP contribution in [0.5, 0.6) is 5.75 Å². The zero-order chi connectivity index (χ0) is 13.7. The van der Waals surface area contributed by atoms with Gasteiger partial charge in [0.15, 0.2) is 0 Å². The number of aromatic hydroxyl groups is 1. The van der Waals surface area contributed by atoms with Crippen LogP contribution in [0.25, 0.3) is 0 Å². The van der Waals surface area contributed by atoms with Crippen LogP contribution >= 0.6 is 15.9 Å². The van der Waals surface area contributed by atoms with Gasteiger partial charge in [-0.15, -0.1) is 0 Å². The molecule has 0 aromatic heterocycles. The summed E-state index contributed by atoms with van der Waals surface area (Å²) in [6.45, 7) is 2.82. The van der Waals surface area contributed by atoms with Crippen molar-refractivity contribution in [2.75, 3.05) is 27.3 Å². The smallest absolute Gasteiger partial charge is 0.254 e. The number of methoxy groups -OCH3 is 1. The molecule has 0 aliphatic carbocycles. The lowest BCUT2D eigenvalue weighted by atomic mass is 10.1. The molecular weight excluding hydrogens is 298 g/mol. The van der Waals surface area contributed by atoms with Crippen LogP contribution < -0.4 is 0 Å². The highest BCUT2D eigenvalue weighted by Gasteiger charge is 2.18. The number of benzene rings is 1. The van der Waals surface area contributed by atoms with Crippen molar-refractivity contribution in [1.29, 1.82) is 0 Å². The predicted octanol–water partition coefficient (Wildman–Crippen LogP) is 2.18. The van der Waals surface area contributed by atoms with Gasteiger partial charge in [-0.2, -0.15) is 0 Å². The third-order valence-corrected chi connectivity index (χ3v) is 3.26. The monoisotopic (exact) mass is 315 g/mol. The first-order valence-electron chi connectivity index (χ1n) is 5.64. The molecule has 5 heteroatoms. The number of hydrogen-bond donors (Lipinski definition) is 1. The van der Waals surface area contributed by atoms with Crippen molar-refractivity contribution in [2.45, 2.75) is 11.8 Å². The Labute approximate surface area is 116 Å². The van der Waals surface area contributed by atoms with Crippen molar-refractivity contribution < 1.29 is 14.6 Å². The SMILES string of the molecule is COCC(Br)CN(C)C(=O)c1cccc(O)c1C. The van der Waals surface area contributed by atoms with Crippen LogP contribution in [0.1, 0.15) is 15.9 Å². The van der Waals surface area contributed by atoms with Crippen LogP contribution in [-0.4, -0.2) is 48.0 Å². The van der Waals surface area contributed by atoms with Crippen LogP contribution in [0.2, 0.25) is 0 Å². The molecule has 0 aliphatic rings. The lowest BCUT2D eigenvalue weighted by molar-refractivity contribution is 0.0783. The Balaban J connectivity index is 2.77. The summed E-state index contributed by atoms with van der Waals surface area (Å²) in [4.78, 5) is 13.9. The Bertz CT molecular complexity index is 423. The molecule has 1 N–H and O–H groups in total. The van der Waals surface area contributed by atoms with Gasteiger partial charge >= 0.3 is 0 Å². The highest BCUT2D eigenvalue weighted by atomic mass is 79.9. The predicted molar refractivity (Wildman–Crippen MR) is 74.4 cm³/mol. The molecule has 0 fully saturated rings. The third kappa shape index (κ3) is 3.71. The molecule has 0 saturated heterocycles. The third-order valence-electron chi connectivity index (χ3n) is 2.70. The van der Waals surface area contributed by atoms with Gasteiger partial charge in [-0.25, -0.2) is 0 Å². The van der Waals surface area contributed by atoms with Crippen molar-refractivity contribution in [3.05, 3.63) is 29.3 Å². The molecule has 100 valence electrons. The van der Waals surface area contributed by atoms with E-state index in [0.29, 0.717) is 24.3 Å². The lowest BCUT2D eigenvalue weighted by Gasteiger charge is -2.21. The zero-order valence-electron chi connectivity index (χ0n) is 10.8. The maximum atomic E-state index is 12.2. The molecule has 18 heavy (non-hydrogen) atoms. The molecular formula is C13H18BrNO3. The fraction of sp³-hybridized carbons (Fsp3) is 0.462. The van der Waals surface area contributed by atoms with E-state index in [1.54, 1.807) is 44.2 Å². The van der Waals surface area contributed by atoms with Gasteiger partial charge in [0.2, 0.25) is 0 Å². The normalized spacial score (nSPS) is 12.2. The second-order valence-corrected chi connectivity index (χ2v) is 5.48. The summed E-state index contributed by atoms with van der Waals surface area (Å²) in [6.07, 6.45) is 0. The van der Waals surface area contributed by atoms with Crippen LogP contribution in [0, 0.1) is 6.92 Å². The molecule has 1 aromatic rings. The van der Waals surface area contributed by atoms with Gasteiger partial charge < -0.3 is 14.7 Å². The summed E-state index contributed by atoms with van der Waals surface area (Å²) < 4.78 is 5.01. The topological polar surface area (TPSA) is 49.8 Å². The average molecular weight is 316 g/mol. The van der Waals surface area contributed by atoms with Gasteiger partial charge in [0.05, 0.1) is 11.4 Å². The Morgan fingerprint density at radius 2 is 2.22 bits per heavy atom. The molecule has 0 heterocycles. The van der Waals surface area contributed by atoms with Crippen LogP contribution in [0.3, 0.4) is 0 Å². The van der Waals surface area contributed by atoms with Gasteiger partial charge in [-0.05, 0) is 19.1 Å².